The minimum atomic E-state index is -0.897. The van der Waals surface area contributed by atoms with Gasteiger partial charge in [0.2, 0.25) is 5.91 Å². The number of anilines is 2. The SMILES string of the molecule is CCCCN(CC(=O)Nc1cc(C(C)(C)C)nn1-c1ccc(OC)cc1)C(=O)Nc1ccc(F)cc1F. The first kappa shape index (κ1) is 27.6. The lowest BCUT2D eigenvalue weighted by Crippen LogP contribution is -2.41. The molecule has 1 aromatic heterocycles. The number of nitrogens with one attached hydrogen (secondary N) is 2. The highest BCUT2D eigenvalue weighted by molar-refractivity contribution is 5.96. The topological polar surface area (TPSA) is 88.5 Å². The van der Waals surface area contributed by atoms with Crippen molar-refractivity contribution in [2.45, 2.75) is 46.0 Å². The van der Waals surface area contributed by atoms with Crippen LogP contribution < -0.4 is 15.4 Å². The zero-order chi connectivity index (χ0) is 27.2. The van der Waals surface area contributed by atoms with E-state index < -0.39 is 23.6 Å². The number of methoxy groups -OCH3 is 1. The van der Waals surface area contributed by atoms with Crippen molar-refractivity contribution in [2.24, 2.45) is 0 Å². The lowest BCUT2D eigenvalue weighted by atomic mass is 9.92. The predicted molar refractivity (Wildman–Crippen MR) is 139 cm³/mol. The fourth-order valence-corrected chi connectivity index (χ4v) is 3.50. The smallest absolute Gasteiger partial charge is 0.322 e. The second-order valence-electron chi connectivity index (χ2n) is 9.65. The van der Waals surface area contributed by atoms with Crippen LogP contribution in [-0.2, 0) is 10.2 Å². The van der Waals surface area contributed by atoms with Crippen molar-refractivity contribution < 1.29 is 23.1 Å². The quantitative estimate of drug-likeness (QED) is 0.383. The van der Waals surface area contributed by atoms with Crippen LogP contribution in [-0.4, -0.2) is 46.8 Å². The van der Waals surface area contributed by atoms with Gasteiger partial charge in [-0.15, -0.1) is 0 Å². The van der Waals surface area contributed by atoms with Gasteiger partial charge in [0.1, 0.15) is 29.7 Å². The summed E-state index contributed by atoms with van der Waals surface area (Å²) in [5.41, 5.74) is 1.05. The van der Waals surface area contributed by atoms with Crippen molar-refractivity contribution in [3.63, 3.8) is 0 Å². The Morgan fingerprint density at radius 3 is 2.35 bits per heavy atom. The second kappa shape index (κ2) is 11.9. The standard InChI is InChI=1S/C27H33F2N5O3/c1-6-7-14-33(26(36)30-22-13-8-18(28)15-21(22)29)17-25(35)31-24-16-23(27(2,3)4)32-34(24)19-9-11-20(37-5)12-10-19/h8-13,15-16H,6-7,14,17H2,1-5H3,(H,30,36)(H,31,35). The summed E-state index contributed by atoms with van der Waals surface area (Å²) in [6.07, 6.45) is 1.43. The number of carbonyl (C=O) groups is 2. The number of carbonyl (C=O) groups excluding carboxylic acids is 2. The zero-order valence-corrected chi connectivity index (χ0v) is 21.8. The molecule has 2 N–H and O–H groups in total. The summed E-state index contributed by atoms with van der Waals surface area (Å²) in [5.74, 6) is -0.957. The number of benzene rings is 2. The van der Waals surface area contributed by atoms with E-state index in [0.717, 1.165) is 29.9 Å². The van der Waals surface area contributed by atoms with E-state index in [2.05, 4.69) is 10.6 Å². The van der Waals surface area contributed by atoms with Crippen LogP contribution in [0.2, 0.25) is 0 Å². The lowest BCUT2D eigenvalue weighted by Gasteiger charge is -2.22. The number of ether oxygens (including phenoxy) is 1. The summed E-state index contributed by atoms with van der Waals surface area (Å²) in [6, 6.07) is 11.3. The Bertz CT molecular complexity index is 1240. The van der Waals surface area contributed by atoms with Crippen molar-refractivity contribution in [2.75, 3.05) is 30.8 Å². The molecule has 3 rings (SSSR count). The number of amides is 3. The van der Waals surface area contributed by atoms with E-state index in [1.807, 2.05) is 39.8 Å². The molecule has 0 aliphatic carbocycles. The van der Waals surface area contributed by atoms with Crippen molar-refractivity contribution in [1.29, 1.82) is 0 Å². The van der Waals surface area contributed by atoms with Gasteiger partial charge < -0.3 is 20.3 Å². The summed E-state index contributed by atoms with van der Waals surface area (Å²) in [6.45, 7) is 8.02. The van der Waals surface area contributed by atoms with Crippen LogP contribution in [0.3, 0.4) is 0 Å². The van der Waals surface area contributed by atoms with Gasteiger partial charge in [-0.2, -0.15) is 5.10 Å². The van der Waals surface area contributed by atoms with E-state index in [4.69, 9.17) is 9.84 Å². The van der Waals surface area contributed by atoms with E-state index >= 15 is 0 Å². The molecule has 0 saturated heterocycles. The van der Waals surface area contributed by atoms with Crippen molar-refractivity contribution >= 4 is 23.4 Å². The second-order valence-corrected chi connectivity index (χ2v) is 9.65. The Balaban J connectivity index is 1.81. The third kappa shape index (κ3) is 7.28. The number of halogens is 2. The molecule has 0 aliphatic heterocycles. The minimum absolute atomic E-state index is 0.166. The molecule has 1 heterocycles. The maximum Gasteiger partial charge on any atom is 0.322 e. The molecule has 0 radical (unpaired) electrons. The number of unbranched alkanes of at least 4 members (excludes halogenated alkanes) is 1. The van der Waals surface area contributed by atoms with Gasteiger partial charge >= 0.3 is 6.03 Å². The Hall–Kier alpha value is -3.95. The molecule has 3 aromatic rings. The molecule has 0 saturated carbocycles. The molecule has 0 atom stereocenters. The first-order chi connectivity index (χ1) is 17.5. The number of hydrogen-bond donors (Lipinski definition) is 2. The first-order valence-electron chi connectivity index (χ1n) is 12.1. The minimum Gasteiger partial charge on any atom is -0.497 e. The largest absolute Gasteiger partial charge is 0.497 e. The third-order valence-electron chi connectivity index (χ3n) is 5.64. The van der Waals surface area contributed by atoms with Crippen LogP contribution >= 0.6 is 0 Å². The molecule has 0 unspecified atom stereocenters. The monoisotopic (exact) mass is 513 g/mol. The van der Waals surface area contributed by atoms with E-state index in [9.17, 15) is 18.4 Å². The molecule has 37 heavy (non-hydrogen) atoms. The molecule has 0 fully saturated rings. The molecule has 0 bridgehead atoms. The molecule has 8 nitrogen and oxygen atoms in total. The van der Waals surface area contributed by atoms with E-state index in [1.165, 1.54) is 4.90 Å². The van der Waals surface area contributed by atoms with Crippen LogP contribution in [0.4, 0.5) is 25.1 Å². The molecule has 0 aliphatic rings. The summed E-state index contributed by atoms with van der Waals surface area (Å²) in [4.78, 5) is 27.2. The maximum atomic E-state index is 14.1. The number of aromatic nitrogens is 2. The van der Waals surface area contributed by atoms with Gasteiger partial charge in [-0.3, -0.25) is 4.79 Å². The number of urea groups is 1. The number of hydrogen-bond acceptors (Lipinski definition) is 4. The van der Waals surface area contributed by atoms with Gasteiger partial charge in [0.05, 0.1) is 24.2 Å². The van der Waals surface area contributed by atoms with Crippen molar-refractivity contribution in [1.82, 2.24) is 14.7 Å². The van der Waals surface area contributed by atoms with Gasteiger partial charge in [0, 0.05) is 24.1 Å². The Kier molecular flexibility index (Phi) is 8.86. The van der Waals surface area contributed by atoms with E-state index in [1.54, 1.807) is 30.0 Å². The van der Waals surface area contributed by atoms with E-state index in [-0.39, 0.29) is 24.2 Å². The van der Waals surface area contributed by atoms with Crippen LogP contribution in [0.5, 0.6) is 5.75 Å². The zero-order valence-electron chi connectivity index (χ0n) is 21.8. The highest BCUT2D eigenvalue weighted by Crippen LogP contribution is 2.27. The van der Waals surface area contributed by atoms with Gasteiger partial charge in [-0.25, -0.2) is 18.3 Å². The van der Waals surface area contributed by atoms with Crippen molar-refractivity contribution in [3.8, 4) is 11.4 Å². The van der Waals surface area contributed by atoms with Gasteiger partial charge in [0.25, 0.3) is 0 Å². The first-order valence-corrected chi connectivity index (χ1v) is 12.1. The molecule has 198 valence electrons. The highest BCUT2D eigenvalue weighted by Gasteiger charge is 2.23. The molecular formula is C27H33F2N5O3. The molecule has 3 amide bonds. The Morgan fingerprint density at radius 1 is 1.05 bits per heavy atom. The fourth-order valence-electron chi connectivity index (χ4n) is 3.50. The summed E-state index contributed by atoms with van der Waals surface area (Å²) in [5, 5.41) is 9.98. The Morgan fingerprint density at radius 2 is 1.76 bits per heavy atom. The maximum absolute atomic E-state index is 14.1. The molecule has 10 heteroatoms. The number of rotatable bonds is 9. The van der Waals surface area contributed by atoms with Crippen molar-refractivity contribution in [3.05, 3.63) is 65.9 Å². The summed E-state index contributed by atoms with van der Waals surface area (Å²) < 4.78 is 34.1. The van der Waals surface area contributed by atoms with Gasteiger partial charge in [-0.1, -0.05) is 34.1 Å². The van der Waals surface area contributed by atoms with Gasteiger partial charge in [0.15, 0.2) is 0 Å². The van der Waals surface area contributed by atoms with Crippen LogP contribution in [0.15, 0.2) is 48.5 Å². The number of nitrogens with zero attached hydrogens (tertiary/aromatic N) is 3. The fraction of sp³-hybridized carbons (Fsp3) is 0.370. The summed E-state index contributed by atoms with van der Waals surface area (Å²) in [7, 11) is 1.58. The lowest BCUT2D eigenvalue weighted by molar-refractivity contribution is -0.116. The summed E-state index contributed by atoms with van der Waals surface area (Å²) >= 11 is 0. The normalized spacial score (nSPS) is 11.2. The molecule has 2 aromatic carbocycles. The predicted octanol–water partition coefficient (Wildman–Crippen LogP) is 5.73. The molecule has 0 spiro atoms. The average Bonchev–Trinajstić information content (AvgIpc) is 3.27. The highest BCUT2D eigenvalue weighted by atomic mass is 19.1. The van der Waals surface area contributed by atoms with Gasteiger partial charge in [-0.05, 0) is 42.8 Å². The van der Waals surface area contributed by atoms with Crippen LogP contribution in [0, 0.1) is 11.6 Å². The van der Waals surface area contributed by atoms with E-state index in [0.29, 0.717) is 24.1 Å². The van der Waals surface area contributed by atoms with Crippen LogP contribution in [0.1, 0.15) is 46.2 Å². The van der Waals surface area contributed by atoms with Crippen LogP contribution in [0.25, 0.3) is 5.69 Å². The third-order valence-corrected chi connectivity index (χ3v) is 5.64. The Labute approximate surface area is 215 Å². The molecular weight excluding hydrogens is 480 g/mol. The average molecular weight is 514 g/mol.